The summed E-state index contributed by atoms with van der Waals surface area (Å²) < 4.78 is 5.38. The topological polar surface area (TPSA) is 49.8 Å². The Labute approximate surface area is 129 Å². The van der Waals surface area contributed by atoms with Crippen LogP contribution in [0.5, 0.6) is 0 Å². The summed E-state index contributed by atoms with van der Waals surface area (Å²) in [6, 6.07) is 12.6. The Balaban J connectivity index is 1.60. The lowest BCUT2D eigenvalue weighted by atomic mass is 9.95. The number of pyridine rings is 1. The average Bonchev–Trinajstić information content (AvgIpc) is 2.62. The van der Waals surface area contributed by atoms with Crippen molar-refractivity contribution in [2.45, 2.75) is 6.04 Å². The summed E-state index contributed by atoms with van der Waals surface area (Å²) in [5.41, 5.74) is 6.70. The maximum absolute atomic E-state index is 5.38. The van der Waals surface area contributed by atoms with Crippen LogP contribution in [-0.2, 0) is 4.74 Å². The number of nitrogens with one attached hydrogen (secondary N) is 1. The molecule has 112 valence electrons. The number of ether oxygens (including phenoxy) is 1. The normalized spacial score (nSPS) is 20.4. The van der Waals surface area contributed by atoms with Crippen LogP contribution in [0.15, 0.2) is 47.7 Å². The van der Waals surface area contributed by atoms with E-state index in [1.54, 1.807) is 0 Å². The summed E-state index contributed by atoms with van der Waals surface area (Å²) in [6.45, 7) is 3.35. The van der Waals surface area contributed by atoms with E-state index >= 15 is 0 Å². The molecule has 1 fully saturated rings. The van der Waals surface area contributed by atoms with E-state index < -0.39 is 0 Å². The van der Waals surface area contributed by atoms with Gasteiger partial charge in [-0.25, -0.2) is 4.98 Å². The first-order valence-electron chi connectivity index (χ1n) is 7.58. The fourth-order valence-electron chi connectivity index (χ4n) is 2.94. The first-order chi connectivity index (χ1) is 10.9. The van der Waals surface area contributed by atoms with Crippen LogP contribution < -0.4 is 10.3 Å². The van der Waals surface area contributed by atoms with Gasteiger partial charge in [0, 0.05) is 24.8 Å². The van der Waals surface area contributed by atoms with Crippen molar-refractivity contribution in [1.82, 2.24) is 10.4 Å². The quantitative estimate of drug-likeness (QED) is 0.919. The Morgan fingerprint density at radius 1 is 1.09 bits per heavy atom. The summed E-state index contributed by atoms with van der Waals surface area (Å²) in [5, 5.41) is 4.26. The van der Waals surface area contributed by atoms with Gasteiger partial charge in [0.1, 0.15) is 5.82 Å². The molecule has 0 bridgehead atoms. The van der Waals surface area contributed by atoms with Crippen LogP contribution in [0.4, 0.5) is 5.82 Å². The molecular formula is C17H18N4O. The van der Waals surface area contributed by atoms with Gasteiger partial charge >= 0.3 is 0 Å². The van der Waals surface area contributed by atoms with Crippen LogP contribution >= 0.6 is 0 Å². The van der Waals surface area contributed by atoms with Gasteiger partial charge in [0.25, 0.3) is 0 Å². The SMILES string of the molecule is C1=NN[C@H](c2ccc(N3CCOCC3)nc2)c2ccccc21. The van der Waals surface area contributed by atoms with Crippen molar-refractivity contribution in [2.75, 3.05) is 31.2 Å². The molecule has 5 nitrogen and oxygen atoms in total. The predicted octanol–water partition coefficient (Wildman–Crippen LogP) is 1.94. The van der Waals surface area contributed by atoms with Crippen molar-refractivity contribution in [1.29, 1.82) is 0 Å². The average molecular weight is 294 g/mol. The van der Waals surface area contributed by atoms with E-state index in [0.717, 1.165) is 43.2 Å². The number of rotatable bonds is 2. The third-order valence-electron chi connectivity index (χ3n) is 4.15. The van der Waals surface area contributed by atoms with Crippen molar-refractivity contribution >= 4 is 12.0 Å². The molecule has 1 saturated heterocycles. The van der Waals surface area contributed by atoms with Gasteiger partial charge in [-0.1, -0.05) is 30.3 Å². The molecule has 4 rings (SSSR count). The summed E-state index contributed by atoms with van der Waals surface area (Å²) in [5.74, 6) is 1.01. The van der Waals surface area contributed by atoms with Gasteiger partial charge in [0.2, 0.25) is 0 Å². The highest BCUT2D eigenvalue weighted by Crippen LogP contribution is 2.27. The number of morpholine rings is 1. The van der Waals surface area contributed by atoms with Gasteiger partial charge in [-0.15, -0.1) is 0 Å². The smallest absolute Gasteiger partial charge is 0.128 e. The first-order valence-corrected chi connectivity index (χ1v) is 7.58. The summed E-state index contributed by atoms with van der Waals surface area (Å²) in [7, 11) is 0. The fraction of sp³-hybridized carbons (Fsp3) is 0.294. The highest BCUT2D eigenvalue weighted by atomic mass is 16.5. The van der Waals surface area contributed by atoms with Crippen LogP contribution in [0, 0.1) is 0 Å². The molecule has 1 aromatic carbocycles. The maximum Gasteiger partial charge on any atom is 0.128 e. The minimum atomic E-state index is 0.0624. The highest BCUT2D eigenvalue weighted by Gasteiger charge is 2.20. The van der Waals surface area contributed by atoms with Crippen LogP contribution in [0.25, 0.3) is 0 Å². The maximum atomic E-state index is 5.38. The molecule has 0 aliphatic carbocycles. The van der Waals surface area contributed by atoms with Gasteiger partial charge < -0.3 is 9.64 Å². The van der Waals surface area contributed by atoms with Crippen molar-refractivity contribution in [3.8, 4) is 0 Å². The van der Waals surface area contributed by atoms with Gasteiger partial charge in [-0.2, -0.15) is 5.10 Å². The Bertz CT molecular complexity index is 677. The summed E-state index contributed by atoms with van der Waals surface area (Å²) in [4.78, 5) is 6.89. The van der Waals surface area contributed by atoms with Crippen molar-refractivity contribution in [3.05, 3.63) is 59.3 Å². The number of benzene rings is 1. The number of hydrogen-bond acceptors (Lipinski definition) is 5. The molecule has 0 amide bonds. The molecule has 2 aliphatic heterocycles. The van der Waals surface area contributed by atoms with Crippen molar-refractivity contribution in [3.63, 3.8) is 0 Å². The minimum Gasteiger partial charge on any atom is -0.378 e. The second-order valence-corrected chi connectivity index (χ2v) is 5.50. The lowest BCUT2D eigenvalue weighted by molar-refractivity contribution is 0.122. The van der Waals surface area contributed by atoms with Crippen LogP contribution in [0.3, 0.4) is 0 Å². The molecule has 0 radical (unpaired) electrons. The van der Waals surface area contributed by atoms with E-state index in [1.165, 1.54) is 5.56 Å². The van der Waals surface area contributed by atoms with Gasteiger partial charge in [-0.05, 0) is 17.2 Å². The van der Waals surface area contributed by atoms with E-state index in [1.807, 2.05) is 18.5 Å². The fourth-order valence-corrected chi connectivity index (χ4v) is 2.94. The molecule has 1 aromatic heterocycles. The van der Waals surface area contributed by atoms with Gasteiger partial charge in [0.05, 0.1) is 25.5 Å². The Morgan fingerprint density at radius 2 is 1.95 bits per heavy atom. The Kier molecular flexibility index (Phi) is 3.48. The molecule has 0 unspecified atom stereocenters. The first kappa shape index (κ1) is 13.3. The lowest BCUT2D eigenvalue weighted by Crippen LogP contribution is -2.36. The van der Waals surface area contributed by atoms with Crippen molar-refractivity contribution in [2.24, 2.45) is 5.10 Å². The largest absolute Gasteiger partial charge is 0.378 e. The number of aromatic nitrogens is 1. The molecule has 2 aliphatic rings. The third kappa shape index (κ3) is 2.44. The number of anilines is 1. The molecule has 1 atom stereocenters. The van der Waals surface area contributed by atoms with Crippen LogP contribution in [0.1, 0.15) is 22.7 Å². The predicted molar refractivity (Wildman–Crippen MR) is 86.3 cm³/mol. The lowest BCUT2D eigenvalue weighted by Gasteiger charge is -2.28. The molecule has 2 aromatic rings. The molecule has 22 heavy (non-hydrogen) atoms. The number of nitrogens with zero attached hydrogens (tertiary/aromatic N) is 3. The zero-order valence-electron chi connectivity index (χ0n) is 12.3. The zero-order valence-corrected chi connectivity index (χ0v) is 12.3. The van der Waals surface area contributed by atoms with Gasteiger partial charge in [0.15, 0.2) is 0 Å². The van der Waals surface area contributed by atoms with E-state index in [2.05, 4.69) is 50.7 Å². The summed E-state index contributed by atoms with van der Waals surface area (Å²) >= 11 is 0. The molecular weight excluding hydrogens is 276 g/mol. The third-order valence-corrected chi connectivity index (χ3v) is 4.15. The second-order valence-electron chi connectivity index (χ2n) is 5.50. The monoisotopic (exact) mass is 294 g/mol. The van der Waals surface area contributed by atoms with Crippen LogP contribution in [-0.4, -0.2) is 37.5 Å². The standard InChI is InChI=1S/C17H18N4O/c1-2-4-15-13(3-1)12-19-20-17(15)14-5-6-16(18-11-14)21-7-9-22-10-8-21/h1-6,11-12,17,20H,7-10H2/t17-/m1/s1. The number of hydrazone groups is 1. The molecule has 3 heterocycles. The second kappa shape index (κ2) is 5.77. The van der Waals surface area contributed by atoms with E-state index in [-0.39, 0.29) is 6.04 Å². The number of fused-ring (bicyclic) bond motifs is 1. The highest BCUT2D eigenvalue weighted by molar-refractivity contribution is 5.83. The van der Waals surface area contributed by atoms with E-state index in [0.29, 0.717) is 0 Å². The van der Waals surface area contributed by atoms with Crippen molar-refractivity contribution < 1.29 is 4.74 Å². The minimum absolute atomic E-state index is 0.0624. The van der Waals surface area contributed by atoms with Crippen LogP contribution in [0.2, 0.25) is 0 Å². The van der Waals surface area contributed by atoms with Gasteiger partial charge in [-0.3, -0.25) is 5.43 Å². The number of hydrogen-bond donors (Lipinski definition) is 1. The molecule has 0 spiro atoms. The molecule has 1 N–H and O–H groups in total. The molecule has 5 heteroatoms. The van der Waals surface area contributed by atoms with E-state index in [9.17, 15) is 0 Å². The zero-order chi connectivity index (χ0) is 14.8. The summed E-state index contributed by atoms with van der Waals surface area (Å²) in [6.07, 6.45) is 3.81. The Hall–Kier alpha value is -2.40. The molecule has 0 saturated carbocycles. The van der Waals surface area contributed by atoms with E-state index in [4.69, 9.17) is 4.74 Å². The Morgan fingerprint density at radius 3 is 2.77 bits per heavy atom.